The second-order valence-corrected chi connectivity index (χ2v) is 6.70. The minimum Gasteiger partial charge on any atom is -0.316 e. The highest BCUT2D eigenvalue weighted by atomic mass is 16.2. The van der Waals surface area contributed by atoms with Crippen LogP contribution in [0.2, 0.25) is 0 Å². The van der Waals surface area contributed by atoms with Gasteiger partial charge in [0, 0.05) is 13.0 Å². The number of nitrogens with one attached hydrogen (secondary N) is 1. The Balaban J connectivity index is 1.70. The van der Waals surface area contributed by atoms with E-state index in [1.54, 1.807) is 4.90 Å². The van der Waals surface area contributed by atoms with Crippen molar-refractivity contribution in [1.82, 2.24) is 10.2 Å². The zero-order chi connectivity index (χ0) is 13.5. The predicted octanol–water partition coefficient (Wildman–Crippen LogP) is 1.55. The molecule has 19 heavy (non-hydrogen) atoms. The van der Waals surface area contributed by atoms with Crippen LogP contribution in [-0.4, -0.2) is 36.3 Å². The lowest BCUT2D eigenvalue weighted by atomic mass is 9.84. The number of hydrogen-bond donors (Lipinski definition) is 1. The van der Waals surface area contributed by atoms with Gasteiger partial charge in [0.1, 0.15) is 0 Å². The third-order valence-electron chi connectivity index (χ3n) is 5.43. The Hall–Kier alpha value is -0.900. The van der Waals surface area contributed by atoms with Crippen LogP contribution in [0.1, 0.15) is 45.4 Å². The molecule has 2 heterocycles. The van der Waals surface area contributed by atoms with Crippen molar-refractivity contribution in [2.24, 2.45) is 17.3 Å². The normalized spacial score (nSPS) is 34.5. The first kappa shape index (κ1) is 13.1. The molecule has 106 valence electrons. The van der Waals surface area contributed by atoms with Gasteiger partial charge in [-0.3, -0.25) is 14.5 Å². The zero-order valence-corrected chi connectivity index (χ0v) is 11.8. The molecule has 3 aliphatic rings. The molecule has 0 aromatic rings. The van der Waals surface area contributed by atoms with Gasteiger partial charge in [0.25, 0.3) is 0 Å². The van der Waals surface area contributed by atoms with Crippen molar-refractivity contribution in [1.29, 1.82) is 0 Å². The van der Waals surface area contributed by atoms with Gasteiger partial charge in [-0.15, -0.1) is 0 Å². The van der Waals surface area contributed by atoms with Gasteiger partial charge < -0.3 is 5.32 Å². The molecule has 0 bridgehead atoms. The van der Waals surface area contributed by atoms with Crippen LogP contribution in [0.15, 0.2) is 0 Å². The van der Waals surface area contributed by atoms with Crippen LogP contribution < -0.4 is 5.32 Å². The molecule has 2 amide bonds. The molecule has 1 N–H and O–H groups in total. The smallest absolute Gasteiger partial charge is 0.235 e. The maximum atomic E-state index is 12.6. The summed E-state index contributed by atoms with van der Waals surface area (Å²) in [6, 6.07) is 0. The number of likely N-dealkylation sites (tertiary alicyclic amines) is 1. The van der Waals surface area contributed by atoms with Gasteiger partial charge in [-0.1, -0.05) is 19.8 Å². The molecule has 2 unspecified atom stereocenters. The lowest BCUT2D eigenvalue weighted by Crippen LogP contribution is -2.44. The first-order chi connectivity index (χ1) is 9.12. The fraction of sp³-hybridized carbons (Fsp3) is 0.867. The van der Waals surface area contributed by atoms with Crippen molar-refractivity contribution in [3.05, 3.63) is 0 Å². The molecule has 4 nitrogen and oxygen atoms in total. The van der Waals surface area contributed by atoms with Crippen LogP contribution in [0.25, 0.3) is 0 Å². The molecule has 0 aromatic heterocycles. The van der Waals surface area contributed by atoms with E-state index < -0.39 is 0 Å². The van der Waals surface area contributed by atoms with Crippen LogP contribution >= 0.6 is 0 Å². The number of nitrogens with zero attached hydrogens (tertiary/aromatic N) is 1. The van der Waals surface area contributed by atoms with Crippen LogP contribution in [-0.2, 0) is 9.59 Å². The van der Waals surface area contributed by atoms with Gasteiger partial charge >= 0.3 is 0 Å². The molecule has 3 fully saturated rings. The van der Waals surface area contributed by atoms with E-state index in [9.17, 15) is 9.59 Å². The summed E-state index contributed by atoms with van der Waals surface area (Å²) in [7, 11) is 0. The predicted molar refractivity (Wildman–Crippen MR) is 72.4 cm³/mol. The molecule has 1 aliphatic carbocycles. The van der Waals surface area contributed by atoms with Crippen LogP contribution in [0.5, 0.6) is 0 Å². The lowest BCUT2D eigenvalue weighted by molar-refractivity contribution is -0.142. The van der Waals surface area contributed by atoms with Crippen LogP contribution in [0.3, 0.4) is 0 Å². The van der Waals surface area contributed by atoms with Gasteiger partial charge in [0.05, 0.1) is 5.41 Å². The quantitative estimate of drug-likeness (QED) is 0.770. The second-order valence-electron chi connectivity index (χ2n) is 6.70. The molecule has 2 saturated heterocycles. The number of hydrogen-bond acceptors (Lipinski definition) is 3. The first-order valence-corrected chi connectivity index (χ1v) is 7.68. The summed E-state index contributed by atoms with van der Waals surface area (Å²) in [6.45, 7) is 4.89. The third kappa shape index (κ3) is 2.20. The van der Waals surface area contributed by atoms with E-state index in [0.717, 1.165) is 45.2 Å². The standard InChI is InChI=1S/C15H24N2O2/c1-11-9-16-7-4-12(11)10-17-13(18)8-15(14(17)19)5-2-3-6-15/h11-12,16H,2-10H2,1H3. The number of piperidine rings is 1. The average Bonchev–Trinajstić information content (AvgIpc) is 2.94. The SMILES string of the molecule is CC1CNCCC1CN1C(=O)CC2(CCCC2)C1=O. The van der Waals surface area contributed by atoms with Gasteiger partial charge in [-0.2, -0.15) is 0 Å². The number of rotatable bonds is 2. The minimum absolute atomic E-state index is 0.0811. The third-order valence-corrected chi connectivity index (χ3v) is 5.43. The molecular weight excluding hydrogens is 240 g/mol. The van der Waals surface area contributed by atoms with Crippen molar-refractivity contribution in [3.8, 4) is 0 Å². The number of carbonyl (C=O) groups excluding carboxylic acids is 2. The average molecular weight is 264 g/mol. The maximum absolute atomic E-state index is 12.6. The molecular formula is C15H24N2O2. The number of imide groups is 1. The maximum Gasteiger partial charge on any atom is 0.235 e. The molecule has 0 radical (unpaired) electrons. The first-order valence-electron chi connectivity index (χ1n) is 7.68. The highest BCUT2D eigenvalue weighted by molar-refractivity contribution is 6.06. The second kappa shape index (κ2) is 4.89. The summed E-state index contributed by atoms with van der Waals surface area (Å²) in [5.74, 6) is 1.25. The Morgan fingerprint density at radius 3 is 2.74 bits per heavy atom. The van der Waals surface area contributed by atoms with Crippen molar-refractivity contribution < 1.29 is 9.59 Å². The van der Waals surface area contributed by atoms with E-state index in [1.165, 1.54) is 0 Å². The van der Waals surface area contributed by atoms with E-state index in [2.05, 4.69) is 12.2 Å². The van der Waals surface area contributed by atoms with E-state index in [-0.39, 0.29) is 17.2 Å². The molecule has 1 spiro atoms. The van der Waals surface area contributed by atoms with E-state index in [0.29, 0.717) is 24.8 Å². The Labute approximate surface area is 114 Å². The highest BCUT2D eigenvalue weighted by Gasteiger charge is 2.52. The van der Waals surface area contributed by atoms with Gasteiger partial charge in [-0.05, 0) is 44.2 Å². The van der Waals surface area contributed by atoms with Gasteiger partial charge in [0.15, 0.2) is 0 Å². The number of carbonyl (C=O) groups is 2. The summed E-state index contributed by atoms with van der Waals surface area (Å²) in [5, 5.41) is 3.37. The van der Waals surface area contributed by atoms with Gasteiger partial charge in [-0.25, -0.2) is 0 Å². The Kier molecular flexibility index (Phi) is 3.37. The van der Waals surface area contributed by atoms with E-state index >= 15 is 0 Å². The van der Waals surface area contributed by atoms with Crippen LogP contribution in [0, 0.1) is 17.3 Å². The fourth-order valence-electron chi connectivity index (χ4n) is 4.06. The highest BCUT2D eigenvalue weighted by Crippen LogP contribution is 2.47. The molecule has 1 saturated carbocycles. The monoisotopic (exact) mass is 264 g/mol. The molecule has 3 rings (SSSR count). The van der Waals surface area contributed by atoms with E-state index in [1.807, 2.05) is 0 Å². The summed E-state index contributed by atoms with van der Waals surface area (Å²) in [5.41, 5.74) is -0.298. The molecule has 2 atom stereocenters. The topological polar surface area (TPSA) is 49.4 Å². The molecule has 0 aromatic carbocycles. The summed E-state index contributed by atoms with van der Waals surface area (Å²) < 4.78 is 0. The molecule has 4 heteroatoms. The van der Waals surface area contributed by atoms with E-state index in [4.69, 9.17) is 0 Å². The number of amides is 2. The summed E-state index contributed by atoms with van der Waals surface area (Å²) >= 11 is 0. The largest absolute Gasteiger partial charge is 0.316 e. The van der Waals surface area contributed by atoms with Crippen LogP contribution in [0.4, 0.5) is 0 Å². The summed E-state index contributed by atoms with van der Waals surface area (Å²) in [6.07, 6.45) is 5.62. The Bertz CT molecular complexity index is 388. The molecule has 2 aliphatic heterocycles. The van der Waals surface area contributed by atoms with Crippen molar-refractivity contribution in [2.45, 2.75) is 45.4 Å². The lowest BCUT2D eigenvalue weighted by Gasteiger charge is -2.32. The Morgan fingerprint density at radius 1 is 1.32 bits per heavy atom. The van der Waals surface area contributed by atoms with Crippen molar-refractivity contribution >= 4 is 11.8 Å². The fourth-order valence-corrected chi connectivity index (χ4v) is 4.06. The Morgan fingerprint density at radius 2 is 2.05 bits per heavy atom. The van der Waals surface area contributed by atoms with Gasteiger partial charge in [0.2, 0.25) is 11.8 Å². The van der Waals surface area contributed by atoms with Crippen molar-refractivity contribution in [2.75, 3.05) is 19.6 Å². The van der Waals surface area contributed by atoms with Crippen molar-refractivity contribution in [3.63, 3.8) is 0 Å². The minimum atomic E-state index is -0.298. The zero-order valence-electron chi connectivity index (χ0n) is 11.8. The summed E-state index contributed by atoms with van der Waals surface area (Å²) in [4.78, 5) is 26.4.